The summed E-state index contributed by atoms with van der Waals surface area (Å²) in [6.45, 7) is 4.06. The molecule has 0 atom stereocenters. The van der Waals surface area contributed by atoms with Crippen molar-refractivity contribution in [2.75, 3.05) is 46.9 Å². The molecule has 1 aliphatic heterocycles. The molecule has 0 saturated carbocycles. The largest absolute Gasteiger partial charge is 0.494 e. The van der Waals surface area contributed by atoms with E-state index in [1.807, 2.05) is 31.2 Å². The van der Waals surface area contributed by atoms with E-state index in [0.29, 0.717) is 45.6 Å². The van der Waals surface area contributed by atoms with Gasteiger partial charge in [0.15, 0.2) is 0 Å². The van der Waals surface area contributed by atoms with Gasteiger partial charge in [-0.15, -0.1) is 0 Å². The van der Waals surface area contributed by atoms with Crippen LogP contribution in [0.15, 0.2) is 24.3 Å². The van der Waals surface area contributed by atoms with Crippen molar-refractivity contribution < 1.29 is 17.9 Å². The molecule has 1 aromatic rings. The fourth-order valence-corrected chi connectivity index (χ4v) is 3.69. The maximum Gasteiger partial charge on any atom is 0.281 e. The molecule has 1 amide bonds. The molecule has 0 N–H and O–H groups in total. The molecule has 0 unspecified atom stereocenters. The van der Waals surface area contributed by atoms with Crippen molar-refractivity contribution in [2.24, 2.45) is 0 Å². The van der Waals surface area contributed by atoms with Crippen molar-refractivity contribution in [1.29, 1.82) is 0 Å². The molecule has 1 saturated heterocycles. The number of amides is 1. The number of piperazine rings is 1. The Hall–Kier alpha value is -1.64. The summed E-state index contributed by atoms with van der Waals surface area (Å²) in [6, 6.07) is 7.81. The Labute approximate surface area is 150 Å². The molecule has 0 aromatic heterocycles. The van der Waals surface area contributed by atoms with Gasteiger partial charge >= 0.3 is 0 Å². The smallest absolute Gasteiger partial charge is 0.281 e. The van der Waals surface area contributed by atoms with E-state index in [1.165, 1.54) is 28.3 Å². The van der Waals surface area contributed by atoms with E-state index in [-0.39, 0.29) is 5.91 Å². The number of rotatable bonds is 7. The summed E-state index contributed by atoms with van der Waals surface area (Å²) in [7, 11) is -0.365. The standard InChI is InChI=1S/C17H27N3O4S/c1-15-6-8-16(9-7-15)24-14-4-5-17(21)19-10-12-20(13-11-19)25(22,23)18(2)3/h6-9H,4-5,10-14H2,1-3H3. The van der Waals surface area contributed by atoms with E-state index in [2.05, 4.69) is 0 Å². The quantitative estimate of drug-likeness (QED) is 0.675. The Morgan fingerprint density at radius 2 is 1.72 bits per heavy atom. The highest BCUT2D eigenvalue weighted by atomic mass is 32.2. The number of benzene rings is 1. The number of hydrogen-bond acceptors (Lipinski definition) is 4. The average molecular weight is 369 g/mol. The lowest BCUT2D eigenvalue weighted by molar-refractivity contribution is -0.132. The number of nitrogens with zero attached hydrogens (tertiary/aromatic N) is 3. The van der Waals surface area contributed by atoms with Crippen LogP contribution in [-0.2, 0) is 15.0 Å². The van der Waals surface area contributed by atoms with E-state index in [0.717, 1.165) is 5.75 Å². The highest BCUT2D eigenvalue weighted by molar-refractivity contribution is 7.86. The van der Waals surface area contributed by atoms with Gasteiger partial charge in [0.25, 0.3) is 10.2 Å². The summed E-state index contributed by atoms with van der Waals surface area (Å²) in [5.74, 6) is 0.856. The van der Waals surface area contributed by atoms with Gasteiger partial charge < -0.3 is 9.64 Å². The molecule has 0 spiro atoms. The first-order valence-electron chi connectivity index (χ1n) is 8.45. The third-order valence-electron chi connectivity index (χ3n) is 4.20. The van der Waals surface area contributed by atoms with E-state index >= 15 is 0 Å². The van der Waals surface area contributed by atoms with Crippen LogP contribution >= 0.6 is 0 Å². The molecule has 2 rings (SSSR count). The molecule has 1 aromatic carbocycles. The van der Waals surface area contributed by atoms with Crippen molar-refractivity contribution in [1.82, 2.24) is 13.5 Å². The van der Waals surface area contributed by atoms with Crippen LogP contribution in [0.1, 0.15) is 18.4 Å². The van der Waals surface area contributed by atoms with Crippen LogP contribution in [0, 0.1) is 6.92 Å². The topological polar surface area (TPSA) is 70.2 Å². The lowest BCUT2D eigenvalue weighted by Crippen LogP contribution is -2.53. The van der Waals surface area contributed by atoms with Gasteiger partial charge in [-0.2, -0.15) is 17.0 Å². The lowest BCUT2D eigenvalue weighted by Gasteiger charge is -2.35. The Morgan fingerprint density at radius 1 is 1.12 bits per heavy atom. The molecular weight excluding hydrogens is 342 g/mol. The number of carbonyl (C=O) groups excluding carboxylic acids is 1. The van der Waals surface area contributed by atoms with Gasteiger partial charge in [-0.3, -0.25) is 4.79 Å². The molecule has 7 nitrogen and oxygen atoms in total. The lowest BCUT2D eigenvalue weighted by atomic mass is 10.2. The first kappa shape index (κ1) is 19.7. The van der Waals surface area contributed by atoms with Crippen LogP contribution < -0.4 is 4.74 Å². The van der Waals surface area contributed by atoms with Crippen molar-refractivity contribution in [2.45, 2.75) is 19.8 Å². The summed E-state index contributed by atoms with van der Waals surface area (Å²) in [4.78, 5) is 14.0. The maximum absolute atomic E-state index is 12.2. The van der Waals surface area contributed by atoms with Crippen molar-refractivity contribution in [3.63, 3.8) is 0 Å². The van der Waals surface area contributed by atoms with Crippen molar-refractivity contribution >= 4 is 16.1 Å². The van der Waals surface area contributed by atoms with Crippen molar-refractivity contribution in [3.8, 4) is 5.75 Å². The van der Waals surface area contributed by atoms with E-state index in [1.54, 1.807) is 4.90 Å². The summed E-state index contributed by atoms with van der Waals surface area (Å²) in [5, 5.41) is 0. The van der Waals surface area contributed by atoms with Gasteiger partial charge in [-0.05, 0) is 25.5 Å². The van der Waals surface area contributed by atoms with Crippen LogP contribution in [0.25, 0.3) is 0 Å². The zero-order valence-electron chi connectivity index (χ0n) is 15.1. The van der Waals surface area contributed by atoms with Crippen LogP contribution in [0.4, 0.5) is 0 Å². The molecule has 8 heteroatoms. The summed E-state index contributed by atoms with van der Waals surface area (Å²) < 4.78 is 32.4. The molecule has 140 valence electrons. The van der Waals surface area contributed by atoms with Crippen molar-refractivity contribution in [3.05, 3.63) is 29.8 Å². The normalized spacial score (nSPS) is 16.2. The number of aryl methyl sites for hydroxylation is 1. The molecule has 25 heavy (non-hydrogen) atoms. The van der Waals surface area contributed by atoms with Crippen LogP contribution in [0.5, 0.6) is 5.75 Å². The minimum Gasteiger partial charge on any atom is -0.494 e. The van der Waals surface area contributed by atoms with E-state index in [4.69, 9.17) is 4.74 Å². The monoisotopic (exact) mass is 369 g/mol. The second kappa shape index (κ2) is 8.64. The second-order valence-corrected chi connectivity index (χ2v) is 8.48. The minimum atomic E-state index is -3.40. The highest BCUT2D eigenvalue weighted by Gasteiger charge is 2.29. The first-order valence-corrected chi connectivity index (χ1v) is 9.85. The highest BCUT2D eigenvalue weighted by Crippen LogP contribution is 2.13. The predicted molar refractivity (Wildman–Crippen MR) is 96.7 cm³/mol. The van der Waals surface area contributed by atoms with Gasteiger partial charge in [-0.25, -0.2) is 0 Å². The SMILES string of the molecule is Cc1ccc(OCCCC(=O)N2CCN(S(=O)(=O)N(C)C)CC2)cc1. The Kier molecular flexibility index (Phi) is 6.80. The number of carbonyl (C=O) groups is 1. The fourth-order valence-electron chi connectivity index (χ4n) is 2.61. The molecule has 0 bridgehead atoms. The molecule has 1 aliphatic rings. The number of hydrogen-bond donors (Lipinski definition) is 0. The molecule has 1 fully saturated rings. The van der Waals surface area contributed by atoms with Gasteiger partial charge in [-0.1, -0.05) is 17.7 Å². The third kappa shape index (κ3) is 5.42. The second-order valence-electron chi connectivity index (χ2n) is 6.34. The van der Waals surface area contributed by atoms with Gasteiger partial charge in [0.05, 0.1) is 6.61 Å². The summed E-state index contributed by atoms with van der Waals surface area (Å²) in [5.41, 5.74) is 1.18. The fraction of sp³-hybridized carbons (Fsp3) is 0.588. The summed E-state index contributed by atoms with van der Waals surface area (Å²) in [6.07, 6.45) is 1.05. The van der Waals surface area contributed by atoms with Crippen LogP contribution in [0.2, 0.25) is 0 Å². The van der Waals surface area contributed by atoms with E-state index < -0.39 is 10.2 Å². The Balaban J connectivity index is 1.69. The molecule has 0 aliphatic carbocycles. The minimum absolute atomic E-state index is 0.0504. The van der Waals surface area contributed by atoms with Gasteiger partial charge in [0, 0.05) is 46.7 Å². The molecular formula is C17H27N3O4S. The Bertz CT molecular complexity index is 666. The summed E-state index contributed by atoms with van der Waals surface area (Å²) >= 11 is 0. The predicted octanol–water partition coefficient (Wildman–Crippen LogP) is 1.10. The Morgan fingerprint density at radius 3 is 2.28 bits per heavy atom. The van der Waals surface area contributed by atoms with E-state index in [9.17, 15) is 13.2 Å². The van der Waals surface area contributed by atoms with Gasteiger partial charge in [0.1, 0.15) is 5.75 Å². The van der Waals surface area contributed by atoms with Crippen LogP contribution in [0.3, 0.4) is 0 Å². The van der Waals surface area contributed by atoms with Gasteiger partial charge in [0.2, 0.25) is 5.91 Å². The zero-order chi connectivity index (χ0) is 18.4. The maximum atomic E-state index is 12.2. The first-order chi connectivity index (χ1) is 11.8. The molecule has 0 radical (unpaired) electrons. The zero-order valence-corrected chi connectivity index (χ0v) is 16.0. The average Bonchev–Trinajstić information content (AvgIpc) is 2.60. The van der Waals surface area contributed by atoms with Crippen LogP contribution in [-0.4, -0.2) is 74.7 Å². The third-order valence-corrected chi connectivity index (χ3v) is 6.14. The number of ether oxygens (including phenoxy) is 1. The molecule has 1 heterocycles.